The second-order valence-electron chi connectivity index (χ2n) is 5.30. The van der Waals surface area contributed by atoms with Crippen LogP contribution in [0.25, 0.3) is 22.3 Å². The van der Waals surface area contributed by atoms with Gasteiger partial charge >= 0.3 is 0 Å². The summed E-state index contributed by atoms with van der Waals surface area (Å²) in [4.78, 5) is 16.0. The van der Waals surface area contributed by atoms with Crippen molar-refractivity contribution in [3.05, 3.63) is 61.1 Å². The minimum atomic E-state index is -0.228. The Labute approximate surface area is 137 Å². The first-order valence-electron chi connectivity index (χ1n) is 7.47. The van der Waals surface area contributed by atoms with E-state index in [9.17, 15) is 0 Å². The average molecular weight is 315 g/mol. The van der Waals surface area contributed by atoms with Gasteiger partial charge in [-0.3, -0.25) is 9.67 Å². The van der Waals surface area contributed by atoms with Crippen LogP contribution in [0, 0.1) is 11.3 Å². The van der Waals surface area contributed by atoms with Crippen LogP contribution in [0.15, 0.2) is 55.4 Å². The van der Waals surface area contributed by atoms with Crippen molar-refractivity contribution in [1.82, 2.24) is 29.7 Å². The normalized spacial score (nSPS) is 12.1. The van der Waals surface area contributed by atoms with Gasteiger partial charge in [-0.25, -0.2) is 9.97 Å². The Morgan fingerprint density at radius 2 is 2.17 bits per heavy atom. The molecule has 0 aliphatic heterocycles. The molecule has 0 amide bonds. The molecule has 4 aromatic rings. The minimum absolute atomic E-state index is 0.228. The Kier molecular flexibility index (Phi) is 3.48. The third-order valence-electron chi connectivity index (χ3n) is 3.86. The Balaban J connectivity index is 1.76. The van der Waals surface area contributed by atoms with Crippen LogP contribution in [0.1, 0.15) is 18.2 Å². The van der Waals surface area contributed by atoms with E-state index in [1.54, 1.807) is 17.1 Å². The molecule has 0 aliphatic carbocycles. The molecule has 0 radical (unpaired) electrons. The fourth-order valence-corrected chi connectivity index (χ4v) is 2.73. The molecule has 0 saturated carbocycles. The first-order valence-corrected chi connectivity index (χ1v) is 7.47. The summed E-state index contributed by atoms with van der Waals surface area (Å²) >= 11 is 0. The lowest BCUT2D eigenvalue weighted by Gasteiger charge is -2.13. The summed E-state index contributed by atoms with van der Waals surface area (Å²) in [6.07, 6.45) is 9.02. The smallest absolute Gasteiger partial charge is 0.141 e. The van der Waals surface area contributed by atoms with Crippen LogP contribution in [0.2, 0.25) is 0 Å². The Morgan fingerprint density at radius 1 is 1.21 bits per heavy atom. The number of hydrogen-bond acceptors (Lipinski definition) is 5. The van der Waals surface area contributed by atoms with E-state index in [1.165, 1.54) is 6.33 Å². The molecule has 0 spiro atoms. The summed E-state index contributed by atoms with van der Waals surface area (Å²) in [7, 11) is 0. The molecule has 0 saturated heterocycles. The highest BCUT2D eigenvalue weighted by atomic mass is 15.3. The average Bonchev–Trinajstić information content (AvgIpc) is 3.29. The van der Waals surface area contributed by atoms with Gasteiger partial charge in [-0.1, -0.05) is 6.07 Å². The van der Waals surface area contributed by atoms with Crippen molar-refractivity contribution in [3.8, 4) is 17.3 Å². The molecule has 1 atom stereocenters. The van der Waals surface area contributed by atoms with Crippen molar-refractivity contribution in [2.45, 2.75) is 12.5 Å². The van der Waals surface area contributed by atoms with E-state index in [-0.39, 0.29) is 6.04 Å². The van der Waals surface area contributed by atoms with E-state index in [1.807, 2.05) is 36.7 Å². The molecule has 4 aromatic heterocycles. The molecule has 1 N–H and O–H groups in total. The van der Waals surface area contributed by atoms with Crippen LogP contribution in [0.4, 0.5) is 0 Å². The van der Waals surface area contributed by atoms with Crippen LogP contribution < -0.4 is 0 Å². The summed E-state index contributed by atoms with van der Waals surface area (Å²) < 4.78 is 1.77. The van der Waals surface area contributed by atoms with E-state index in [2.05, 4.69) is 31.1 Å². The van der Waals surface area contributed by atoms with Crippen molar-refractivity contribution in [3.63, 3.8) is 0 Å². The van der Waals surface area contributed by atoms with E-state index in [0.29, 0.717) is 6.42 Å². The maximum atomic E-state index is 9.15. The zero-order valence-corrected chi connectivity index (χ0v) is 12.7. The van der Waals surface area contributed by atoms with E-state index < -0.39 is 0 Å². The number of pyridine rings is 1. The molecule has 7 nitrogen and oxygen atoms in total. The van der Waals surface area contributed by atoms with Crippen LogP contribution in [0.3, 0.4) is 0 Å². The van der Waals surface area contributed by atoms with Gasteiger partial charge in [0.2, 0.25) is 0 Å². The van der Waals surface area contributed by atoms with Crippen molar-refractivity contribution in [2.24, 2.45) is 0 Å². The zero-order chi connectivity index (χ0) is 16.4. The molecule has 0 fully saturated rings. The lowest BCUT2D eigenvalue weighted by molar-refractivity contribution is 0.520. The number of hydrogen-bond donors (Lipinski definition) is 1. The maximum Gasteiger partial charge on any atom is 0.141 e. The highest BCUT2D eigenvalue weighted by Gasteiger charge is 2.17. The lowest BCUT2D eigenvalue weighted by atomic mass is 10.1. The van der Waals surface area contributed by atoms with Crippen LogP contribution in [0.5, 0.6) is 0 Å². The summed E-state index contributed by atoms with van der Waals surface area (Å²) in [5, 5.41) is 14.5. The van der Waals surface area contributed by atoms with E-state index >= 15 is 0 Å². The monoisotopic (exact) mass is 315 g/mol. The number of fused-ring (bicyclic) bond motifs is 1. The lowest BCUT2D eigenvalue weighted by Crippen LogP contribution is -2.12. The molecule has 0 aromatic carbocycles. The fourth-order valence-electron chi connectivity index (χ4n) is 2.73. The predicted molar refractivity (Wildman–Crippen MR) is 87.7 cm³/mol. The van der Waals surface area contributed by atoms with Crippen molar-refractivity contribution in [1.29, 1.82) is 5.26 Å². The van der Waals surface area contributed by atoms with Crippen LogP contribution in [-0.2, 0) is 0 Å². The number of nitrogens with zero attached hydrogens (tertiary/aromatic N) is 6. The first-order chi connectivity index (χ1) is 11.9. The summed E-state index contributed by atoms with van der Waals surface area (Å²) in [6.45, 7) is 0. The topological polar surface area (TPSA) is 96.1 Å². The minimum Gasteiger partial charge on any atom is -0.346 e. The highest BCUT2D eigenvalue weighted by Crippen LogP contribution is 2.26. The number of aromatic amines is 1. The highest BCUT2D eigenvalue weighted by molar-refractivity contribution is 5.89. The maximum absolute atomic E-state index is 9.15. The number of H-pyrrole nitrogens is 1. The molecule has 4 rings (SSSR count). The Hall–Kier alpha value is -3.53. The molecule has 24 heavy (non-hydrogen) atoms. The molecular formula is C17H13N7. The zero-order valence-electron chi connectivity index (χ0n) is 12.7. The van der Waals surface area contributed by atoms with Gasteiger partial charge in [0.1, 0.15) is 18.0 Å². The fraction of sp³-hybridized carbons (Fsp3) is 0.118. The van der Waals surface area contributed by atoms with Gasteiger partial charge < -0.3 is 4.98 Å². The van der Waals surface area contributed by atoms with Gasteiger partial charge in [0.05, 0.1) is 30.1 Å². The van der Waals surface area contributed by atoms with E-state index in [4.69, 9.17) is 5.26 Å². The molecule has 4 heterocycles. The van der Waals surface area contributed by atoms with Gasteiger partial charge in [0.25, 0.3) is 0 Å². The molecule has 0 bridgehead atoms. The second-order valence-corrected chi connectivity index (χ2v) is 5.30. The molecule has 7 heteroatoms. The molecule has 0 aliphatic rings. The van der Waals surface area contributed by atoms with Gasteiger partial charge in [0, 0.05) is 29.5 Å². The summed E-state index contributed by atoms with van der Waals surface area (Å²) in [6, 6.07) is 9.58. The Bertz CT molecular complexity index is 1010. The quantitative estimate of drug-likeness (QED) is 0.624. The number of aromatic nitrogens is 6. The number of nitriles is 1. The third kappa shape index (κ3) is 2.40. The summed E-state index contributed by atoms with van der Waals surface area (Å²) in [5.41, 5.74) is 3.28. The Morgan fingerprint density at radius 3 is 3.00 bits per heavy atom. The molecule has 1 unspecified atom stereocenters. The third-order valence-corrected chi connectivity index (χ3v) is 3.86. The number of rotatable bonds is 4. The van der Waals surface area contributed by atoms with Crippen molar-refractivity contribution >= 4 is 11.0 Å². The number of nitrogens with one attached hydrogen (secondary N) is 1. The van der Waals surface area contributed by atoms with E-state index in [0.717, 1.165) is 28.0 Å². The molecule has 116 valence electrons. The van der Waals surface area contributed by atoms with Gasteiger partial charge in [-0.05, 0) is 18.2 Å². The van der Waals surface area contributed by atoms with Crippen LogP contribution in [-0.4, -0.2) is 29.7 Å². The standard InChI is InChI=1S/C17H13N7/c18-6-4-15(14-3-1-2-7-19-14)24-10-12(9-23-24)16-13-5-8-20-17(13)22-11-21-16/h1-3,5,7-11,15H,4H2,(H,20,21,22). The van der Waals surface area contributed by atoms with Gasteiger partial charge in [-0.15, -0.1) is 0 Å². The van der Waals surface area contributed by atoms with Crippen molar-refractivity contribution < 1.29 is 0 Å². The SMILES string of the molecule is N#CCC(c1ccccn1)n1cc(-c2ncnc3[nH]ccc23)cn1. The van der Waals surface area contributed by atoms with Gasteiger partial charge in [-0.2, -0.15) is 10.4 Å². The molecular weight excluding hydrogens is 302 g/mol. The van der Waals surface area contributed by atoms with Gasteiger partial charge in [0.15, 0.2) is 0 Å². The van der Waals surface area contributed by atoms with Crippen molar-refractivity contribution in [2.75, 3.05) is 0 Å². The predicted octanol–water partition coefficient (Wildman–Crippen LogP) is 2.72. The largest absolute Gasteiger partial charge is 0.346 e. The summed E-state index contributed by atoms with van der Waals surface area (Å²) in [5.74, 6) is 0. The second kappa shape index (κ2) is 5.93. The first kappa shape index (κ1) is 14.1. The van der Waals surface area contributed by atoms with Crippen LogP contribution >= 0.6 is 0 Å².